The van der Waals surface area contributed by atoms with E-state index in [0.717, 1.165) is 18.8 Å². The fraction of sp³-hybridized carbons (Fsp3) is 0.364. The van der Waals surface area contributed by atoms with E-state index in [1.54, 1.807) is 24.8 Å². The molecular weight excluding hydrogens is 202 g/mol. The molecule has 0 aromatic carbocycles. The Morgan fingerprint density at radius 2 is 2.25 bits per heavy atom. The van der Waals surface area contributed by atoms with Gasteiger partial charge in [0.2, 0.25) is 0 Å². The van der Waals surface area contributed by atoms with Crippen molar-refractivity contribution in [2.45, 2.75) is 19.5 Å². The van der Waals surface area contributed by atoms with Gasteiger partial charge in [0.05, 0.1) is 12.0 Å². The first-order valence-electron chi connectivity index (χ1n) is 5.31. The summed E-state index contributed by atoms with van der Waals surface area (Å²) in [6.07, 6.45) is 10.7. The number of nitrogens with one attached hydrogen (secondary N) is 1. The van der Waals surface area contributed by atoms with Crippen LogP contribution in [0.3, 0.4) is 0 Å². The fourth-order valence-electron chi connectivity index (χ4n) is 1.47. The zero-order chi connectivity index (χ0) is 11.2. The number of rotatable bonds is 5. The predicted octanol–water partition coefficient (Wildman–Crippen LogP) is 1.02. The number of nitrogens with zero attached hydrogens (tertiary/aromatic N) is 4. The first-order chi connectivity index (χ1) is 7.86. The van der Waals surface area contributed by atoms with E-state index in [1.807, 2.05) is 17.1 Å². The van der Waals surface area contributed by atoms with Crippen LogP contribution in [0.2, 0.25) is 0 Å². The minimum absolute atomic E-state index is 0.220. The van der Waals surface area contributed by atoms with E-state index in [4.69, 9.17) is 0 Å². The van der Waals surface area contributed by atoms with E-state index < -0.39 is 0 Å². The van der Waals surface area contributed by atoms with Crippen LogP contribution < -0.4 is 5.32 Å². The molecule has 84 valence electrons. The normalized spacial score (nSPS) is 12.6. The molecule has 2 aromatic rings. The average molecular weight is 217 g/mol. The van der Waals surface area contributed by atoms with Gasteiger partial charge in [-0.2, -0.15) is 0 Å². The summed E-state index contributed by atoms with van der Waals surface area (Å²) in [4.78, 5) is 12.3. The molecule has 16 heavy (non-hydrogen) atoms. The van der Waals surface area contributed by atoms with Gasteiger partial charge in [0.25, 0.3) is 0 Å². The molecule has 0 bridgehead atoms. The third kappa shape index (κ3) is 2.87. The van der Waals surface area contributed by atoms with Crippen LogP contribution >= 0.6 is 0 Å². The Morgan fingerprint density at radius 1 is 1.31 bits per heavy atom. The molecule has 5 heteroatoms. The van der Waals surface area contributed by atoms with Gasteiger partial charge in [-0.3, -0.25) is 9.97 Å². The molecular formula is C11H15N5. The summed E-state index contributed by atoms with van der Waals surface area (Å²) in [6.45, 7) is 3.87. The van der Waals surface area contributed by atoms with Crippen LogP contribution in [-0.2, 0) is 6.54 Å². The number of aromatic nitrogens is 4. The second-order valence-corrected chi connectivity index (χ2v) is 3.61. The molecule has 0 fully saturated rings. The first-order valence-corrected chi connectivity index (χ1v) is 5.31. The maximum Gasteiger partial charge on any atom is 0.0946 e. The summed E-state index contributed by atoms with van der Waals surface area (Å²) in [5.41, 5.74) is 0.966. The van der Waals surface area contributed by atoms with E-state index in [0.29, 0.717) is 0 Å². The van der Waals surface area contributed by atoms with Crippen molar-refractivity contribution in [1.29, 1.82) is 0 Å². The van der Waals surface area contributed by atoms with Gasteiger partial charge in [0, 0.05) is 50.1 Å². The van der Waals surface area contributed by atoms with Gasteiger partial charge >= 0.3 is 0 Å². The zero-order valence-electron chi connectivity index (χ0n) is 9.24. The van der Waals surface area contributed by atoms with Crippen molar-refractivity contribution in [3.05, 3.63) is 43.0 Å². The highest BCUT2D eigenvalue weighted by Gasteiger charge is 2.04. The largest absolute Gasteiger partial charge is 0.336 e. The van der Waals surface area contributed by atoms with Crippen LogP contribution in [0.4, 0.5) is 0 Å². The monoisotopic (exact) mass is 217 g/mol. The number of hydrogen-bond acceptors (Lipinski definition) is 4. The van der Waals surface area contributed by atoms with Crippen LogP contribution in [0.25, 0.3) is 0 Å². The molecule has 2 heterocycles. The molecule has 0 amide bonds. The topological polar surface area (TPSA) is 55.6 Å². The Hall–Kier alpha value is -1.75. The summed E-state index contributed by atoms with van der Waals surface area (Å²) in [5, 5.41) is 3.39. The molecule has 5 nitrogen and oxygen atoms in total. The van der Waals surface area contributed by atoms with Crippen molar-refractivity contribution < 1.29 is 0 Å². The second kappa shape index (κ2) is 5.37. The fourth-order valence-corrected chi connectivity index (χ4v) is 1.47. The van der Waals surface area contributed by atoms with Crippen molar-refractivity contribution in [1.82, 2.24) is 24.8 Å². The summed E-state index contributed by atoms with van der Waals surface area (Å²) in [7, 11) is 0. The van der Waals surface area contributed by atoms with Crippen LogP contribution in [0.1, 0.15) is 18.7 Å². The highest BCUT2D eigenvalue weighted by atomic mass is 15.1. The van der Waals surface area contributed by atoms with Crippen LogP contribution in [0, 0.1) is 0 Å². The van der Waals surface area contributed by atoms with Crippen molar-refractivity contribution in [2.24, 2.45) is 0 Å². The molecule has 1 N–H and O–H groups in total. The van der Waals surface area contributed by atoms with Gasteiger partial charge in [-0.1, -0.05) is 0 Å². The minimum atomic E-state index is 0.220. The molecule has 0 aliphatic rings. The maximum absolute atomic E-state index is 4.25. The summed E-state index contributed by atoms with van der Waals surface area (Å²) >= 11 is 0. The van der Waals surface area contributed by atoms with E-state index >= 15 is 0 Å². The highest BCUT2D eigenvalue weighted by molar-refractivity contribution is 5.00. The highest BCUT2D eigenvalue weighted by Crippen LogP contribution is 2.05. The van der Waals surface area contributed by atoms with Gasteiger partial charge in [-0.25, -0.2) is 4.98 Å². The second-order valence-electron chi connectivity index (χ2n) is 3.61. The lowest BCUT2D eigenvalue weighted by Gasteiger charge is -2.12. The van der Waals surface area contributed by atoms with Gasteiger partial charge in [-0.15, -0.1) is 0 Å². The minimum Gasteiger partial charge on any atom is -0.336 e. The Morgan fingerprint density at radius 3 is 2.94 bits per heavy atom. The number of imidazole rings is 1. The van der Waals surface area contributed by atoms with Gasteiger partial charge in [0.15, 0.2) is 0 Å². The Kier molecular flexibility index (Phi) is 3.61. The molecule has 1 atom stereocenters. The van der Waals surface area contributed by atoms with Crippen molar-refractivity contribution in [2.75, 3.05) is 6.54 Å². The molecule has 0 radical (unpaired) electrons. The van der Waals surface area contributed by atoms with Gasteiger partial charge < -0.3 is 9.88 Å². The van der Waals surface area contributed by atoms with E-state index in [-0.39, 0.29) is 6.04 Å². The summed E-state index contributed by atoms with van der Waals surface area (Å²) in [5.74, 6) is 0. The smallest absolute Gasteiger partial charge is 0.0946 e. The van der Waals surface area contributed by atoms with Crippen molar-refractivity contribution >= 4 is 0 Å². The molecule has 1 unspecified atom stereocenters. The van der Waals surface area contributed by atoms with Gasteiger partial charge in [0.1, 0.15) is 0 Å². The molecule has 2 rings (SSSR count). The van der Waals surface area contributed by atoms with Crippen LogP contribution in [0.5, 0.6) is 0 Å². The summed E-state index contributed by atoms with van der Waals surface area (Å²) < 4.78 is 2.04. The lowest BCUT2D eigenvalue weighted by atomic mass is 10.2. The zero-order valence-corrected chi connectivity index (χ0v) is 9.24. The SMILES string of the molecule is CC(NCCn1ccnc1)c1cnccn1. The van der Waals surface area contributed by atoms with Crippen LogP contribution in [-0.4, -0.2) is 26.1 Å². The molecule has 0 saturated heterocycles. The quantitative estimate of drug-likeness (QED) is 0.812. The lowest BCUT2D eigenvalue weighted by Crippen LogP contribution is -2.23. The van der Waals surface area contributed by atoms with E-state index in [9.17, 15) is 0 Å². The standard InChI is InChI=1S/C11H15N5/c1-10(11-8-12-2-3-15-11)14-5-7-16-6-4-13-9-16/h2-4,6,8-10,14H,5,7H2,1H3. The maximum atomic E-state index is 4.25. The molecule has 0 saturated carbocycles. The van der Waals surface area contributed by atoms with E-state index in [2.05, 4.69) is 27.2 Å². The Balaban J connectivity index is 1.78. The molecule has 0 spiro atoms. The summed E-state index contributed by atoms with van der Waals surface area (Å²) in [6, 6.07) is 0.220. The van der Waals surface area contributed by atoms with Crippen molar-refractivity contribution in [3.63, 3.8) is 0 Å². The lowest BCUT2D eigenvalue weighted by molar-refractivity contribution is 0.521. The Labute approximate surface area is 94.6 Å². The van der Waals surface area contributed by atoms with Gasteiger partial charge in [-0.05, 0) is 6.92 Å². The first kappa shape index (κ1) is 10.8. The van der Waals surface area contributed by atoms with Crippen LogP contribution in [0.15, 0.2) is 37.3 Å². The molecule has 0 aliphatic heterocycles. The predicted molar refractivity (Wildman–Crippen MR) is 60.7 cm³/mol. The average Bonchev–Trinajstić information content (AvgIpc) is 2.83. The molecule has 0 aliphatic carbocycles. The number of hydrogen-bond donors (Lipinski definition) is 1. The third-order valence-corrected chi connectivity index (χ3v) is 2.41. The Bertz CT molecular complexity index is 398. The van der Waals surface area contributed by atoms with Crippen molar-refractivity contribution in [3.8, 4) is 0 Å². The third-order valence-electron chi connectivity index (χ3n) is 2.41. The van der Waals surface area contributed by atoms with E-state index in [1.165, 1.54) is 0 Å². The molecule has 2 aromatic heterocycles.